The maximum atomic E-state index is 11.9. The van der Waals surface area contributed by atoms with Crippen molar-refractivity contribution in [1.29, 1.82) is 0 Å². The Morgan fingerprint density at radius 1 is 0.952 bits per heavy atom. The Morgan fingerprint density at radius 3 is 2.14 bits per heavy atom. The number of amides is 1. The number of nitrogens with zero attached hydrogens (tertiary/aromatic N) is 2. The van der Waals surface area contributed by atoms with Crippen LogP contribution in [0.4, 0.5) is 0 Å². The van der Waals surface area contributed by atoms with Gasteiger partial charge in [-0.2, -0.15) is 0 Å². The molecule has 0 saturated carbocycles. The summed E-state index contributed by atoms with van der Waals surface area (Å²) in [7, 11) is 2.09. The van der Waals surface area contributed by atoms with Gasteiger partial charge in [0, 0.05) is 32.8 Å². The fraction of sp³-hybridized carbons (Fsp3) is 0.941. The van der Waals surface area contributed by atoms with E-state index in [2.05, 4.69) is 18.9 Å². The van der Waals surface area contributed by atoms with Gasteiger partial charge in [-0.25, -0.2) is 0 Å². The zero-order chi connectivity index (χ0) is 15.9. The first kappa shape index (κ1) is 20.4. The highest BCUT2D eigenvalue weighted by Gasteiger charge is 2.18. The molecule has 1 amide bonds. The van der Waals surface area contributed by atoms with Gasteiger partial charge in [-0.15, -0.1) is 0 Å². The Morgan fingerprint density at radius 2 is 1.52 bits per heavy atom. The van der Waals surface area contributed by atoms with E-state index >= 15 is 0 Å². The second-order valence-corrected chi connectivity index (χ2v) is 5.50. The van der Waals surface area contributed by atoms with E-state index in [1.807, 2.05) is 18.7 Å². The third-order valence-electron chi connectivity index (χ3n) is 3.72. The molecule has 0 unspecified atom stereocenters. The van der Waals surface area contributed by atoms with Crippen LogP contribution >= 0.6 is 0 Å². The summed E-state index contributed by atoms with van der Waals surface area (Å²) in [5, 5.41) is 0. The van der Waals surface area contributed by atoms with Crippen LogP contribution in [-0.4, -0.2) is 62.1 Å². The van der Waals surface area contributed by atoms with Crippen LogP contribution in [0.5, 0.6) is 0 Å². The normalized spacial score (nSPS) is 15.5. The van der Waals surface area contributed by atoms with Gasteiger partial charge in [0.05, 0.1) is 0 Å². The summed E-state index contributed by atoms with van der Waals surface area (Å²) in [5.74, 6) is 0.152. The third-order valence-corrected chi connectivity index (χ3v) is 3.72. The van der Waals surface area contributed by atoms with E-state index in [1.54, 1.807) is 0 Å². The minimum absolute atomic E-state index is 0.152. The minimum atomic E-state index is 0.152. The average Bonchev–Trinajstić information content (AvgIpc) is 2.52. The maximum absolute atomic E-state index is 11.9. The van der Waals surface area contributed by atoms with Crippen molar-refractivity contribution in [2.45, 2.75) is 59.3 Å². The minimum Gasteiger partial charge on any atom is -0.372 e. The summed E-state index contributed by atoms with van der Waals surface area (Å²) >= 11 is 0. The third kappa shape index (κ3) is 10.7. The van der Waals surface area contributed by atoms with Gasteiger partial charge >= 0.3 is 0 Å². The highest BCUT2D eigenvalue weighted by molar-refractivity contribution is 5.77. The molecule has 0 atom stereocenters. The number of rotatable bonds is 9. The summed E-state index contributed by atoms with van der Waals surface area (Å²) in [4.78, 5) is 16.0. The molecule has 0 bridgehead atoms. The largest absolute Gasteiger partial charge is 0.372 e. The molecule has 21 heavy (non-hydrogen) atoms. The highest BCUT2D eigenvalue weighted by Crippen LogP contribution is 2.05. The van der Waals surface area contributed by atoms with Gasteiger partial charge in [-0.05, 0) is 13.5 Å². The Kier molecular flexibility index (Phi) is 13.9. The van der Waals surface area contributed by atoms with Crippen molar-refractivity contribution >= 4 is 5.91 Å². The van der Waals surface area contributed by atoms with Gasteiger partial charge in [-0.1, -0.05) is 52.9 Å². The standard InChI is InChI=1S/C15H30N2O2.C2H6/c1-3-4-5-6-7-8-13-19-14-15(18)17-11-9-16(2)10-12-17;1-2/h3-14H2,1-2H3;1-2H3. The molecular formula is C17H36N2O2. The van der Waals surface area contributed by atoms with Crippen molar-refractivity contribution in [3.05, 3.63) is 0 Å². The number of unbranched alkanes of at least 4 members (excludes halogenated alkanes) is 5. The molecule has 0 N–H and O–H groups in total. The summed E-state index contributed by atoms with van der Waals surface area (Å²) in [6.07, 6.45) is 7.56. The fourth-order valence-electron chi connectivity index (χ4n) is 2.29. The lowest BCUT2D eigenvalue weighted by molar-refractivity contribution is -0.137. The highest BCUT2D eigenvalue weighted by atomic mass is 16.5. The van der Waals surface area contributed by atoms with Crippen LogP contribution in [0.2, 0.25) is 0 Å². The van der Waals surface area contributed by atoms with Crippen LogP contribution < -0.4 is 0 Å². The van der Waals surface area contributed by atoms with E-state index in [0.717, 1.165) is 39.2 Å². The molecular weight excluding hydrogens is 264 g/mol. The number of ether oxygens (including phenoxy) is 1. The SMILES string of the molecule is CC.CCCCCCCCOCC(=O)N1CCN(C)CC1. The van der Waals surface area contributed by atoms with Crippen molar-refractivity contribution in [1.82, 2.24) is 9.80 Å². The van der Waals surface area contributed by atoms with Gasteiger partial charge < -0.3 is 14.5 Å². The fourth-order valence-corrected chi connectivity index (χ4v) is 2.29. The van der Waals surface area contributed by atoms with Crippen LogP contribution in [0.1, 0.15) is 59.3 Å². The predicted molar refractivity (Wildman–Crippen MR) is 89.6 cm³/mol. The first-order valence-corrected chi connectivity index (χ1v) is 8.78. The zero-order valence-electron chi connectivity index (χ0n) is 14.7. The molecule has 1 saturated heterocycles. The van der Waals surface area contributed by atoms with Crippen LogP contribution in [0.25, 0.3) is 0 Å². The maximum Gasteiger partial charge on any atom is 0.248 e. The van der Waals surface area contributed by atoms with Crippen molar-refractivity contribution in [3.63, 3.8) is 0 Å². The van der Waals surface area contributed by atoms with Crippen molar-refractivity contribution in [2.75, 3.05) is 46.4 Å². The second kappa shape index (κ2) is 14.3. The van der Waals surface area contributed by atoms with E-state index in [-0.39, 0.29) is 12.5 Å². The zero-order valence-corrected chi connectivity index (χ0v) is 14.7. The molecule has 1 rings (SSSR count). The number of carbonyl (C=O) groups is 1. The molecule has 0 spiro atoms. The molecule has 126 valence electrons. The quantitative estimate of drug-likeness (QED) is 0.613. The van der Waals surface area contributed by atoms with Gasteiger partial charge in [0.1, 0.15) is 6.61 Å². The van der Waals surface area contributed by atoms with Crippen molar-refractivity contribution in [3.8, 4) is 0 Å². The number of piperazine rings is 1. The summed E-state index contributed by atoms with van der Waals surface area (Å²) < 4.78 is 5.48. The topological polar surface area (TPSA) is 32.8 Å². The Hall–Kier alpha value is -0.610. The second-order valence-electron chi connectivity index (χ2n) is 5.50. The lowest BCUT2D eigenvalue weighted by Gasteiger charge is -2.32. The van der Waals surface area contributed by atoms with E-state index in [1.165, 1.54) is 32.1 Å². The predicted octanol–water partition coefficient (Wildman–Crippen LogP) is 3.16. The first-order chi connectivity index (χ1) is 10.2. The molecule has 4 nitrogen and oxygen atoms in total. The van der Waals surface area contributed by atoms with Gasteiger partial charge in [0.15, 0.2) is 0 Å². The molecule has 0 aliphatic carbocycles. The van der Waals surface area contributed by atoms with E-state index in [9.17, 15) is 4.79 Å². The number of hydrogen-bond acceptors (Lipinski definition) is 3. The molecule has 1 aliphatic rings. The number of hydrogen-bond donors (Lipinski definition) is 0. The summed E-state index contributed by atoms with van der Waals surface area (Å²) in [6, 6.07) is 0. The van der Waals surface area contributed by atoms with Crippen LogP contribution in [0, 0.1) is 0 Å². The van der Waals surface area contributed by atoms with E-state index in [0.29, 0.717) is 0 Å². The Labute approximate surface area is 131 Å². The van der Waals surface area contributed by atoms with Gasteiger partial charge in [0.25, 0.3) is 0 Å². The monoisotopic (exact) mass is 300 g/mol. The molecule has 0 aromatic carbocycles. The van der Waals surface area contributed by atoms with Crippen molar-refractivity contribution < 1.29 is 9.53 Å². The number of carbonyl (C=O) groups excluding carboxylic acids is 1. The first-order valence-electron chi connectivity index (χ1n) is 8.78. The summed E-state index contributed by atoms with van der Waals surface area (Å²) in [6.45, 7) is 10.9. The molecule has 1 heterocycles. The molecule has 0 radical (unpaired) electrons. The van der Waals surface area contributed by atoms with E-state index in [4.69, 9.17) is 4.74 Å². The lowest BCUT2D eigenvalue weighted by atomic mass is 10.1. The average molecular weight is 300 g/mol. The molecule has 1 fully saturated rings. The Balaban J connectivity index is 0.00000191. The van der Waals surface area contributed by atoms with E-state index < -0.39 is 0 Å². The van der Waals surface area contributed by atoms with Crippen LogP contribution in [-0.2, 0) is 9.53 Å². The molecule has 1 aliphatic heterocycles. The summed E-state index contributed by atoms with van der Waals surface area (Å²) in [5.41, 5.74) is 0. The van der Waals surface area contributed by atoms with Crippen LogP contribution in [0.15, 0.2) is 0 Å². The van der Waals surface area contributed by atoms with Gasteiger partial charge in [-0.3, -0.25) is 4.79 Å². The van der Waals surface area contributed by atoms with Crippen LogP contribution in [0.3, 0.4) is 0 Å². The smallest absolute Gasteiger partial charge is 0.248 e. The molecule has 4 heteroatoms. The lowest BCUT2D eigenvalue weighted by Crippen LogP contribution is -2.48. The molecule has 0 aromatic rings. The molecule has 0 aromatic heterocycles. The Bertz CT molecular complexity index is 239. The van der Waals surface area contributed by atoms with Gasteiger partial charge in [0.2, 0.25) is 5.91 Å². The van der Waals surface area contributed by atoms with Crippen molar-refractivity contribution in [2.24, 2.45) is 0 Å². The number of likely N-dealkylation sites (N-methyl/N-ethyl adjacent to an activating group) is 1.